The third-order valence-electron chi connectivity index (χ3n) is 3.43. The molecule has 0 aromatic carbocycles. The number of ether oxygens (including phenoxy) is 2. The molecule has 0 aromatic rings. The van der Waals surface area contributed by atoms with E-state index in [2.05, 4.69) is 0 Å². The van der Waals surface area contributed by atoms with Gasteiger partial charge in [0.25, 0.3) is 5.91 Å². The number of hydrogen-bond donors (Lipinski definition) is 1. The summed E-state index contributed by atoms with van der Waals surface area (Å²) in [5, 5.41) is 0. The number of carbonyl (C=O) groups is 1. The van der Waals surface area contributed by atoms with Gasteiger partial charge in [-0.2, -0.15) is 0 Å². The van der Waals surface area contributed by atoms with E-state index in [1.165, 1.54) is 0 Å². The summed E-state index contributed by atoms with van der Waals surface area (Å²) in [6.45, 7) is 4.77. The molecule has 0 radical (unpaired) electrons. The van der Waals surface area contributed by atoms with E-state index in [0.29, 0.717) is 32.9 Å². The molecule has 2 heterocycles. The summed E-state index contributed by atoms with van der Waals surface area (Å²) in [4.78, 5) is 14.2. The lowest BCUT2D eigenvalue weighted by Gasteiger charge is -2.39. The fourth-order valence-corrected chi connectivity index (χ4v) is 2.37. The van der Waals surface area contributed by atoms with Gasteiger partial charge in [0, 0.05) is 19.7 Å². The highest BCUT2D eigenvalue weighted by atomic mass is 16.5. The summed E-state index contributed by atoms with van der Waals surface area (Å²) in [6, 6.07) is 0.00211. The van der Waals surface area contributed by atoms with E-state index in [-0.39, 0.29) is 11.9 Å². The third kappa shape index (κ3) is 2.07. The zero-order valence-corrected chi connectivity index (χ0v) is 9.78. The molecule has 0 saturated carbocycles. The highest BCUT2D eigenvalue weighted by Crippen LogP contribution is 2.28. The van der Waals surface area contributed by atoms with Gasteiger partial charge in [0.1, 0.15) is 5.60 Å². The minimum atomic E-state index is -0.634. The first kappa shape index (κ1) is 11.8. The van der Waals surface area contributed by atoms with Crippen molar-refractivity contribution in [2.75, 3.05) is 32.9 Å². The number of carbonyl (C=O) groups excluding carboxylic acids is 1. The summed E-state index contributed by atoms with van der Waals surface area (Å²) >= 11 is 0. The number of nitrogens with zero attached hydrogens (tertiary/aromatic N) is 1. The zero-order chi connectivity index (χ0) is 11.6. The van der Waals surface area contributed by atoms with Crippen LogP contribution in [0.15, 0.2) is 0 Å². The monoisotopic (exact) mass is 228 g/mol. The van der Waals surface area contributed by atoms with Crippen LogP contribution in [-0.4, -0.2) is 55.4 Å². The van der Waals surface area contributed by atoms with Gasteiger partial charge in [0.15, 0.2) is 0 Å². The Labute approximate surface area is 95.9 Å². The van der Waals surface area contributed by atoms with E-state index in [1.54, 1.807) is 0 Å². The summed E-state index contributed by atoms with van der Waals surface area (Å²) in [6.07, 6.45) is 1.76. The minimum absolute atomic E-state index is 0.00211. The number of hydrogen-bond acceptors (Lipinski definition) is 4. The normalized spacial score (nSPS) is 35.4. The fraction of sp³-hybridized carbons (Fsp3) is 0.909. The van der Waals surface area contributed by atoms with Crippen molar-refractivity contribution in [1.82, 2.24) is 4.90 Å². The molecule has 16 heavy (non-hydrogen) atoms. The van der Waals surface area contributed by atoms with E-state index in [1.807, 2.05) is 11.8 Å². The molecule has 0 aromatic heterocycles. The van der Waals surface area contributed by atoms with E-state index in [0.717, 1.165) is 12.8 Å². The van der Waals surface area contributed by atoms with Crippen molar-refractivity contribution in [2.45, 2.75) is 31.4 Å². The molecule has 0 bridgehead atoms. The molecule has 2 N–H and O–H groups in total. The van der Waals surface area contributed by atoms with Crippen molar-refractivity contribution in [3.63, 3.8) is 0 Å². The molecule has 2 rings (SSSR count). The Balaban J connectivity index is 2.07. The lowest BCUT2D eigenvalue weighted by atomic mass is 9.99. The average molecular weight is 228 g/mol. The Morgan fingerprint density at radius 2 is 2.38 bits per heavy atom. The van der Waals surface area contributed by atoms with Gasteiger partial charge in [-0.25, -0.2) is 0 Å². The molecule has 5 nitrogen and oxygen atoms in total. The van der Waals surface area contributed by atoms with E-state index in [9.17, 15) is 4.79 Å². The Morgan fingerprint density at radius 3 is 3.00 bits per heavy atom. The van der Waals surface area contributed by atoms with Crippen LogP contribution < -0.4 is 5.73 Å². The van der Waals surface area contributed by atoms with Crippen molar-refractivity contribution in [3.8, 4) is 0 Å². The second-order valence-corrected chi connectivity index (χ2v) is 4.65. The van der Waals surface area contributed by atoms with Gasteiger partial charge in [-0.05, 0) is 19.8 Å². The highest BCUT2D eigenvalue weighted by Gasteiger charge is 2.42. The second kappa shape index (κ2) is 4.69. The number of morpholine rings is 1. The molecule has 1 amide bonds. The molecule has 2 atom stereocenters. The van der Waals surface area contributed by atoms with Gasteiger partial charge in [0.2, 0.25) is 0 Å². The van der Waals surface area contributed by atoms with Gasteiger partial charge in [0.05, 0.1) is 19.3 Å². The standard InChI is InChI=1S/C11H20N2O3/c1-11(3-2-5-16-11)10(14)13-4-6-15-8-9(13)7-12/h9H,2-8,12H2,1H3. The lowest BCUT2D eigenvalue weighted by Crippen LogP contribution is -2.57. The largest absolute Gasteiger partial charge is 0.377 e. The van der Waals surface area contributed by atoms with Gasteiger partial charge >= 0.3 is 0 Å². The van der Waals surface area contributed by atoms with Crippen LogP contribution in [0.25, 0.3) is 0 Å². The molecule has 2 unspecified atom stereocenters. The van der Waals surface area contributed by atoms with Crippen LogP contribution >= 0.6 is 0 Å². The maximum atomic E-state index is 12.4. The number of nitrogens with two attached hydrogens (primary N) is 1. The maximum Gasteiger partial charge on any atom is 0.254 e. The third-order valence-corrected chi connectivity index (χ3v) is 3.43. The molecule has 2 saturated heterocycles. The molecule has 5 heteroatoms. The van der Waals surface area contributed by atoms with Crippen molar-refractivity contribution in [1.29, 1.82) is 0 Å². The summed E-state index contributed by atoms with van der Waals surface area (Å²) < 4.78 is 10.9. The SMILES string of the molecule is CC1(C(=O)N2CCOCC2CN)CCCO1. The molecule has 0 aliphatic carbocycles. The van der Waals surface area contributed by atoms with E-state index < -0.39 is 5.60 Å². The van der Waals surface area contributed by atoms with Crippen LogP contribution in [0.4, 0.5) is 0 Å². The van der Waals surface area contributed by atoms with Gasteiger partial charge in [-0.15, -0.1) is 0 Å². The first-order chi connectivity index (χ1) is 7.67. The van der Waals surface area contributed by atoms with E-state index >= 15 is 0 Å². The fourth-order valence-electron chi connectivity index (χ4n) is 2.37. The number of rotatable bonds is 2. The van der Waals surface area contributed by atoms with Crippen LogP contribution in [0.3, 0.4) is 0 Å². The summed E-state index contributed by atoms with van der Waals surface area (Å²) in [7, 11) is 0. The Kier molecular flexibility index (Phi) is 3.47. The van der Waals surface area contributed by atoms with Gasteiger partial charge < -0.3 is 20.1 Å². The van der Waals surface area contributed by atoms with Crippen LogP contribution in [0.1, 0.15) is 19.8 Å². The zero-order valence-electron chi connectivity index (χ0n) is 9.78. The molecule has 2 fully saturated rings. The summed E-state index contributed by atoms with van der Waals surface area (Å²) in [5.41, 5.74) is 5.02. The van der Waals surface area contributed by atoms with Gasteiger partial charge in [-0.1, -0.05) is 0 Å². The van der Waals surface area contributed by atoms with E-state index in [4.69, 9.17) is 15.2 Å². The first-order valence-electron chi connectivity index (χ1n) is 5.90. The van der Waals surface area contributed by atoms with Crippen LogP contribution in [-0.2, 0) is 14.3 Å². The smallest absolute Gasteiger partial charge is 0.254 e. The average Bonchev–Trinajstić information content (AvgIpc) is 2.76. The predicted molar refractivity (Wildman–Crippen MR) is 59.0 cm³/mol. The summed E-state index contributed by atoms with van der Waals surface area (Å²) in [5.74, 6) is 0.0729. The maximum absolute atomic E-state index is 12.4. The Bertz CT molecular complexity index is 264. The predicted octanol–water partition coefficient (Wildman–Crippen LogP) is -0.258. The van der Waals surface area contributed by atoms with Crippen molar-refractivity contribution in [3.05, 3.63) is 0 Å². The lowest BCUT2D eigenvalue weighted by molar-refractivity contribution is -0.159. The molecule has 2 aliphatic rings. The van der Waals surface area contributed by atoms with Crippen LogP contribution in [0.5, 0.6) is 0 Å². The van der Waals surface area contributed by atoms with Gasteiger partial charge in [-0.3, -0.25) is 4.79 Å². The molecular formula is C11H20N2O3. The van der Waals surface area contributed by atoms with Crippen molar-refractivity contribution in [2.24, 2.45) is 5.73 Å². The minimum Gasteiger partial charge on any atom is -0.377 e. The molecule has 92 valence electrons. The second-order valence-electron chi connectivity index (χ2n) is 4.65. The van der Waals surface area contributed by atoms with Crippen molar-refractivity contribution < 1.29 is 14.3 Å². The Morgan fingerprint density at radius 1 is 1.56 bits per heavy atom. The van der Waals surface area contributed by atoms with Crippen LogP contribution in [0, 0.1) is 0 Å². The molecule has 2 aliphatic heterocycles. The van der Waals surface area contributed by atoms with Crippen molar-refractivity contribution >= 4 is 5.91 Å². The quantitative estimate of drug-likeness (QED) is 0.707. The molecule has 0 spiro atoms. The highest BCUT2D eigenvalue weighted by molar-refractivity contribution is 5.85. The topological polar surface area (TPSA) is 64.8 Å². The number of amides is 1. The molecular weight excluding hydrogens is 208 g/mol. The van der Waals surface area contributed by atoms with Crippen LogP contribution in [0.2, 0.25) is 0 Å². The first-order valence-corrected chi connectivity index (χ1v) is 5.90. The Hall–Kier alpha value is -0.650.